The van der Waals surface area contributed by atoms with Crippen LogP contribution in [-0.2, 0) is 4.79 Å². The summed E-state index contributed by atoms with van der Waals surface area (Å²) in [6.45, 7) is 0.775. The van der Waals surface area contributed by atoms with Crippen molar-refractivity contribution in [2.24, 2.45) is 10.2 Å². The van der Waals surface area contributed by atoms with Crippen molar-refractivity contribution in [3.05, 3.63) is 58.6 Å². The Labute approximate surface area is 150 Å². The molecular formula is C18H20N4O4. The summed E-state index contributed by atoms with van der Waals surface area (Å²) in [6, 6.07) is 13.4. The molecule has 0 heterocycles. The van der Waals surface area contributed by atoms with E-state index in [1.54, 1.807) is 12.1 Å². The molecule has 2 aromatic carbocycles. The molecule has 136 valence electrons. The number of carbonyl (C=O) groups is 1. The molecule has 8 heteroatoms. The van der Waals surface area contributed by atoms with Crippen LogP contribution in [0.5, 0.6) is 0 Å². The van der Waals surface area contributed by atoms with Crippen molar-refractivity contribution in [1.82, 2.24) is 0 Å². The average Bonchev–Trinajstić information content (AvgIpc) is 2.64. The lowest BCUT2D eigenvalue weighted by Crippen LogP contribution is -2.18. The van der Waals surface area contributed by atoms with Crippen molar-refractivity contribution >= 4 is 28.7 Å². The molecule has 0 aliphatic heterocycles. The summed E-state index contributed by atoms with van der Waals surface area (Å²) in [7, 11) is 1.95. The number of unbranched alkanes of at least 4 members (excludes halogenated alkanes) is 1. The summed E-state index contributed by atoms with van der Waals surface area (Å²) in [5, 5.41) is 27.4. The second-order valence-corrected chi connectivity index (χ2v) is 5.76. The Morgan fingerprint density at radius 1 is 1.04 bits per heavy atom. The molecule has 26 heavy (non-hydrogen) atoms. The maximum Gasteiger partial charge on any atom is 0.303 e. The Bertz CT molecular complexity index is 773. The van der Waals surface area contributed by atoms with Gasteiger partial charge in [0.25, 0.3) is 5.69 Å². The number of hydrogen-bond acceptors (Lipinski definition) is 6. The van der Waals surface area contributed by atoms with E-state index in [-0.39, 0.29) is 12.1 Å². The predicted molar refractivity (Wildman–Crippen MR) is 98.5 cm³/mol. The van der Waals surface area contributed by atoms with Crippen LogP contribution in [0.25, 0.3) is 0 Å². The Hall–Kier alpha value is -3.29. The zero-order valence-electron chi connectivity index (χ0n) is 14.4. The molecule has 2 aromatic rings. The lowest BCUT2D eigenvalue weighted by Gasteiger charge is -2.19. The first kappa shape index (κ1) is 19.0. The second kappa shape index (κ2) is 9.26. The van der Waals surface area contributed by atoms with Gasteiger partial charge in [0.15, 0.2) is 0 Å². The van der Waals surface area contributed by atoms with Crippen LogP contribution in [0.2, 0.25) is 0 Å². The van der Waals surface area contributed by atoms with Crippen molar-refractivity contribution in [2.45, 2.75) is 19.3 Å². The molecule has 0 radical (unpaired) electrons. The van der Waals surface area contributed by atoms with E-state index in [1.165, 1.54) is 12.1 Å². The number of aliphatic carboxylic acids is 1. The number of nitrogens with zero attached hydrogens (tertiary/aromatic N) is 4. The summed E-state index contributed by atoms with van der Waals surface area (Å²) in [5.41, 5.74) is 2.23. The van der Waals surface area contributed by atoms with Crippen LogP contribution in [0.1, 0.15) is 19.3 Å². The molecule has 0 amide bonds. The molecule has 1 N–H and O–H groups in total. The van der Waals surface area contributed by atoms with Crippen molar-refractivity contribution in [3.63, 3.8) is 0 Å². The Morgan fingerprint density at radius 3 is 2.08 bits per heavy atom. The second-order valence-electron chi connectivity index (χ2n) is 5.76. The number of hydrogen-bond donors (Lipinski definition) is 1. The van der Waals surface area contributed by atoms with Crippen LogP contribution >= 0.6 is 0 Å². The lowest BCUT2D eigenvalue weighted by atomic mass is 10.2. The molecule has 0 unspecified atom stereocenters. The van der Waals surface area contributed by atoms with Crippen LogP contribution in [0.3, 0.4) is 0 Å². The van der Waals surface area contributed by atoms with E-state index in [1.807, 2.05) is 31.3 Å². The number of anilines is 1. The standard InChI is InChI=1S/C18H20N4O4/c1-21(13-3-2-4-18(23)24)16-9-5-14(6-10-16)19-20-15-7-11-17(12-8-15)22(25)26/h5-12H,2-4,13H2,1H3,(H,23,24). The zero-order valence-corrected chi connectivity index (χ0v) is 14.4. The van der Waals surface area contributed by atoms with Gasteiger partial charge in [-0.15, -0.1) is 0 Å². The third kappa shape index (κ3) is 5.97. The number of azo groups is 1. The minimum absolute atomic E-state index is 0.0136. The van der Waals surface area contributed by atoms with Crippen LogP contribution in [0, 0.1) is 10.1 Å². The normalized spacial score (nSPS) is 10.8. The molecule has 0 aromatic heterocycles. The molecule has 0 fully saturated rings. The predicted octanol–water partition coefficient (Wildman–Crippen LogP) is 4.70. The van der Waals surface area contributed by atoms with E-state index in [0.29, 0.717) is 17.8 Å². The first-order valence-corrected chi connectivity index (χ1v) is 8.15. The summed E-state index contributed by atoms with van der Waals surface area (Å²) >= 11 is 0. The topological polar surface area (TPSA) is 108 Å². The fourth-order valence-corrected chi connectivity index (χ4v) is 2.28. The van der Waals surface area contributed by atoms with Crippen LogP contribution in [-0.4, -0.2) is 29.6 Å². The number of benzene rings is 2. The molecule has 0 saturated carbocycles. The highest BCUT2D eigenvalue weighted by molar-refractivity contribution is 5.66. The van der Waals surface area contributed by atoms with Gasteiger partial charge in [-0.1, -0.05) is 0 Å². The van der Waals surface area contributed by atoms with Gasteiger partial charge in [0.05, 0.1) is 16.3 Å². The maximum atomic E-state index is 10.6. The van der Waals surface area contributed by atoms with Crippen LogP contribution in [0.4, 0.5) is 22.7 Å². The van der Waals surface area contributed by atoms with Gasteiger partial charge >= 0.3 is 5.97 Å². The van der Waals surface area contributed by atoms with Crippen molar-refractivity contribution in [2.75, 3.05) is 18.5 Å². The third-order valence-corrected chi connectivity index (χ3v) is 3.77. The summed E-state index contributed by atoms with van der Waals surface area (Å²) < 4.78 is 0. The van der Waals surface area contributed by atoms with E-state index in [4.69, 9.17) is 5.11 Å². The summed E-state index contributed by atoms with van der Waals surface area (Å²) in [4.78, 5) is 22.7. The molecule has 8 nitrogen and oxygen atoms in total. The Balaban J connectivity index is 1.89. The minimum atomic E-state index is -0.768. The fraction of sp³-hybridized carbons (Fsp3) is 0.278. The van der Waals surface area contributed by atoms with E-state index in [2.05, 4.69) is 15.1 Å². The molecule has 0 aliphatic carbocycles. The Kier molecular flexibility index (Phi) is 6.78. The number of nitro groups is 1. The van der Waals surface area contributed by atoms with Gasteiger partial charge < -0.3 is 10.0 Å². The van der Waals surface area contributed by atoms with Gasteiger partial charge in [-0.05, 0) is 49.2 Å². The summed E-state index contributed by atoms with van der Waals surface area (Å²) in [6.07, 6.45) is 1.65. The van der Waals surface area contributed by atoms with E-state index >= 15 is 0 Å². The molecule has 0 bridgehead atoms. The first-order valence-electron chi connectivity index (χ1n) is 8.15. The van der Waals surface area contributed by atoms with E-state index in [9.17, 15) is 14.9 Å². The largest absolute Gasteiger partial charge is 0.481 e. The summed E-state index contributed by atoms with van der Waals surface area (Å²) in [5.74, 6) is -0.768. The number of rotatable bonds is 9. The molecule has 2 rings (SSSR count). The number of carboxylic acid groups (broad SMARTS) is 1. The lowest BCUT2D eigenvalue weighted by molar-refractivity contribution is -0.384. The van der Waals surface area contributed by atoms with Crippen molar-refractivity contribution in [1.29, 1.82) is 0 Å². The third-order valence-electron chi connectivity index (χ3n) is 3.77. The van der Waals surface area contributed by atoms with Gasteiger partial charge in [0.1, 0.15) is 0 Å². The van der Waals surface area contributed by atoms with Crippen LogP contribution in [0.15, 0.2) is 58.8 Å². The van der Waals surface area contributed by atoms with Gasteiger partial charge in [0, 0.05) is 37.8 Å². The average molecular weight is 356 g/mol. The highest BCUT2D eigenvalue weighted by Gasteiger charge is 2.04. The number of nitro benzene ring substituents is 1. The SMILES string of the molecule is CN(CCCCC(=O)O)c1ccc(N=Nc2ccc([N+](=O)[O-])cc2)cc1. The zero-order chi connectivity index (χ0) is 18.9. The highest BCUT2D eigenvalue weighted by atomic mass is 16.6. The first-order chi connectivity index (χ1) is 12.5. The van der Waals surface area contributed by atoms with Gasteiger partial charge in [-0.25, -0.2) is 0 Å². The van der Waals surface area contributed by atoms with Crippen molar-refractivity contribution in [3.8, 4) is 0 Å². The molecular weight excluding hydrogens is 336 g/mol. The maximum absolute atomic E-state index is 10.6. The molecule has 0 atom stereocenters. The van der Waals surface area contributed by atoms with Crippen LogP contribution < -0.4 is 4.90 Å². The monoisotopic (exact) mass is 356 g/mol. The number of non-ortho nitro benzene ring substituents is 1. The van der Waals surface area contributed by atoms with Gasteiger partial charge in [-0.2, -0.15) is 10.2 Å². The van der Waals surface area contributed by atoms with Gasteiger partial charge in [-0.3, -0.25) is 14.9 Å². The molecule has 0 aliphatic rings. The smallest absolute Gasteiger partial charge is 0.303 e. The highest BCUT2D eigenvalue weighted by Crippen LogP contribution is 2.23. The van der Waals surface area contributed by atoms with E-state index in [0.717, 1.165) is 18.7 Å². The Morgan fingerprint density at radius 2 is 1.58 bits per heavy atom. The van der Waals surface area contributed by atoms with Crippen molar-refractivity contribution < 1.29 is 14.8 Å². The van der Waals surface area contributed by atoms with Gasteiger partial charge in [0.2, 0.25) is 0 Å². The minimum Gasteiger partial charge on any atom is -0.481 e. The molecule has 0 spiro atoms. The molecule has 0 saturated heterocycles. The quantitative estimate of drug-likeness (QED) is 0.303. The fourth-order valence-electron chi connectivity index (χ4n) is 2.28. The van der Waals surface area contributed by atoms with E-state index < -0.39 is 10.9 Å². The number of carboxylic acids is 1.